The molecule has 2 N–H and O–H groups in total. The summed E-state index contributed by atoms with van der Waals surface area (Å²) in [5.41, 5.74) is 10.5. The number of carbonyl (C=O) groups is 2. The van der Waals surface area contributed by atoms with E-state index in [9.17, 15) is 14.7 Å². The van der Waals surface area contributed by atoms with Gasteiger partial charge >= 0.3 is 5.97 Å². The molecule has 61 heavy (non-hydrogen) atoms. The van der Waals surface area contributed by atoms with Gasteiger partial charge in [-0.05, 0) is 127 Å². The van der Waals surface area contributed by atoms with Crippen molar-refractivity contribution >= 4 is 35.1 Å². The third-order valence-electron chi connectivity index (χ3n) is 12.8. The Hall–Kier alpha value is -4.93. The van der Waals surface area contributed by atoms with Gasteiger partial charge in [0.2, 0.25) is 5.91 Å². The van der Waals surface area contributed by atoms with Gasteiger partial charge in [-0.15, -0.1) is 0 Å². The van der Waals surface area contributed by atoms with Crippen molar-refractivity contribution < 1.29 is 24.2 Å². The van der Waals surface area contributed by atoms with Gasteiger partial charge in [-0.25, -0.2) is 4.79 Å². The number of aliphatic carboxylic acids is 1. The zero-order chi connectivity index (χ0) is 42.8. The van der Waals surface area contributed by atoms with Crippen LogP contribution in [0.15, 0.2) is 91.1 Å². The first-order valence-electron chi connectivity index (χ1n) is 21.5. The maximum Gasteiger partial charge on any atom is 0.326 e. The summed E-state index contributed by atoms with van der Waals surface area (Å²) in [6.07, 6.45) is 7.19. The summed E-state index contributed by atoms with van der Waals surface area (Å²) in [4.78, 5) is 35.9. The van der Waals surface area contributed by atoms with Crippen molar-refractivity contribution in [3.05, 3.63) is 146 Å². The molecule has 3 aliphatic rings. The maximum absolute atomic E-state index is 14.3. The second-order valence-electron chi connectivity index (χ2n) is 17.0. The van der Waals surface area contributed by atoms with E-state index in [4.69, 9.17) is 32.7 Å². The van der Waals surface area contributed by atoms with Crippen molar-refractivity contribution in [1.29, 1.82) is 0 Å². The van der Waals surface area contributed by atoms with E-state index < -0.39 is 18.1 Å². The summed E-state index contributed by atoms with van der Waals surface area (Å²) in [6.45, 7) is 8.13. The van der Waals surface area contributed by atoms with Crippen molar-refractivity contribution in [2.24, 2.45) is 0 Å². The SMILES string of the molecule is CC[C@@H](Oc1ccc([C@H]2CN(C)Cc3cc4c(cc3O2)CN(C2CCCC2)[C@H](C(=O)N[C@@H](Cc2ccc(-c3ccnc(C)c3C)cc2)C(=O)O)C4)cc1)c1ccc(Cl)c(Cl)c1. The van der Waals surface area contributed by atoms with Crippen LogP contribution in [0.25, 0.3) is 11.1 Å². The molecule has 0 spiro atoms. The number of hydrogen-bond acceptors (Lipinski definition) is 7. The number of carboxylic acid groups (broad SMARTS) is 1. The fourth-order valence-corrected chi connectivity index (χ4v) is 9.59. The number of carboxylic acids is 1. The number of halogens is 2. The molecule has 1 aromatic heterocycles. The van der Waals surface area contributed by atoms with Gasteiger partial charge in [0.05, 0.1) is 16.1 Å². The van der Waals surface area contributed by atoms with Crippen molar-refractivity contribution in [1.82, 2.24) is 20.1 Å². The molecular weight excluding hydrogens is 807 g/mol. The lowest BCUT2D eigenvalue weighted by atomic mass is 9.89. The molecule has 318 valence electrons. The van der Waals surface area contributed by atoms with Crippen molar-refractivity contribution in [2.45, 2.75) is 109 Å². The zero-order valence-electron chi connectivity index (χ0n) is 35.3. The van der Waals surface area contributed by atoms with E-state index in [2.05, 4.69) is 65.3 Å². The average molecular weight is 862 g/mol. The Balaban J connectivity index is 0.979. The number of ether oxygens (including phenoxy) is 2. The van der Waals surface area contributed by atoms with Gasteiger partial charge in [-0.1, -0.05) is 91.5 Å². The highest BCUT2D eigenvalue weighted by molar-refractivity contribution is 6.42. The second kappa shape index (κ2) is 18.6. The second-order valence-corrected chi connectivity index (χ2v) is 17.8. The summed E-state index contributed by atoms with van der Waals surface area (Å²) < 4.78 is 13.2. The van der Waals surface area contributed by atoms with Gasteiger partial charge in [0.25, 0.3) is 0 Å². The minimum absolute atomic E-state index is 0.164. The fraction of sp³-hybridized carbons (Fsp3) is 0.380. The summed E-state index contributed by atoms with van der Waals surface area (Å²) in [5, 5.41) is 14.4. The number of rotatable bonds is 12. The number of aromatic nitrogens is 1. The Labute approximate surface area is 369 Å². The van der Waals surface area contributed by atoms with E-state index in [1.807, 2.05) is 61.5 Å². The van der Waals surface area contributed by atoms with Crippen LogP contribution in [0.2, 0.25) is 10.0 Å². The number of carbonyl (C=O) groups excluding carboxylic acids is 1. The normalized spacial score (nSPS) is 19.2. The Morgan fingerprint density at radius 3 is 2.38 bits per heavy atom. The molecule has 4 aromatic carbocycles. The van der Waals surface area contributed by atoms with Gasteiger partial charge < -0.3 is 19.9 Å². The van der Waals surface area contributed by atoms with Crippen molar-refractivity contribution in [3.63, 3.8) is 0 Å². The van der Waals surface area contributed by atoms with Crippen LogP contribution in [-0.2, 0) is 35.5 Å². The van der Waals surface area contributed by atoms with E-state index in [0.717, 1.165) is 99.4 Å². The molecule has 0 radical (unpaired) electrons. The van der Waals surface area contributed by atoms with E-state index in [1.54, 1.807) is 12.3 Å². The molecular formula is C50H54Cl2N4O5. The summed E-state index contributed by atoms with van der Waals surface area (Å²) in [7, 11) is 2.10. The predicted octanol–water partition coefficient (Wildman–Crippen LogP) is 10.2. The molecule has 2 aliphatic heterocycles. The van der Waals surface area contributed by atoms with E-state index in [0.29, 0.717) is 36.1 Å². The third kappa shape index (κ3) is 9.61. The van der Waals surface area contributed by atoms with Crippen LogP contribution in [0, 0.1) is 13.8 Å². The van der Waals surface area contributed by atoms with E-state index in [-0.39, 0.29) is 30.6 Å². The van der Waals surface area contributed by atoms with Crippen LogP contribution < -0.4 is 14.8 Å². The zero-order valence-corrected chi connectivity index (χ0v) is 36.8. The lowest BCUT2D eigenvalue weighted by Gasteiger charge is -2.40. The first-order valence-corrected chi connectivity index (χ1v) is 22.2. The van der Waals surface area contributed by atoms with Crippen LogP contribution in [0.1, 0.15) is 95.9 Å². The van der Waals surface area contributed by atoms with Crippen LogP contribution in [0.4, 0.5) is 0 Å². The average Bonchev–Trinajstić information content (AvgIpc) is 3.74. The largest absolute Gasteiger partial charge is 0.486 e. The van der Waals surface area contributed by atoms with Crippen LogP contribution >= 0.6 is 23.2 Å². The molecule has 1 fully saturated rings. The van der Waals surface area contributed by atoms with Gasteiger partial charge in [0.1, 0.15) is 29.7 Å². The highest BCUT2D eigenvalue weighted by Crippen LogP contribution is 2.39. The molecule has 1 aliphatic carbocycles. The molecule has 8 rings (SSSR count). The van der Waals surface area contributed by atoms with Gasteiger partial charge in [-0.3, -0.25) is 19.6 Å². The van der Waals surface area contributed by atoms with Crippen LogP contribution in [0.5, 0.6) is 11.5 Å². The molecule has 5 aromatic rings. The molecule has 11 heteroatoms. The lowest BCUT2D eigenvalue weighted by molar-refractivity contribution is -0.143. The monoisotopic (exact) mass is 860 g/mol. The standard InChI is InChI=1S/C50H54Cl2N4O5/c1-5-46(35-16-19-42(51)43(52)24-35)60-40-17-14-34(15-18-40)48-29-55(4)27-38-23-36-25-45(56(39-8-6-7-9-39)28-37(36)26-47(38)61-48)49(57)54-44(50(58)59)22-32-10-12-33(13-11-32)41-20-21-53-31(3)30(41)2/h10-21,23-24,26,39,44-46,48H,5-9,22,25,27-29H2,1-4H3,(H,54,57)(H,58,59)/t44-,45-,46+,48+/m0/s1. The van der Waals surface area contributed by atoms with Gasteiger partial charge in [0.15, 0.2) is 0 Å². The predicted molar refractivity (Wildman–Crippen MR) is 240 cm³/mol. The number of nitrogens with zero attached hydrogens (tertiary/aromatic N) is 3. The number of fused-ring (bicyclic) bond motifs is 2. The number of hydrogen-bond donors (Lipinski definition) is 2. The molecule has 4 atom stereocenters. The molecule has 0 bridgehead atoms. The quantitative estimate of drug-likeness (QED) is 0.128. The van der Waals surface area contributed by atoms with Crippen molar-refractivity contribution in [3.8, 4) is 22.6 Å². The molecule has 3 heterocycles. The maximum atomic E-state index is 14.3. The molecule has 1 saturated carbocycles. The topological polar surface area (TPSA) is 104 Å². The third-order valence-corrected chi connectivity index (χ3v) is 13.6. The van der Waals surface area contributed by atoms with E-state index in [1.165, 1.54) is 0 Å². The minimum Gasteiger partial charge on any atom is -0.486 e. The number of benzene rings is 4. The lowest BCUT2D eigenvalue weighted by Crippen LogP contribution is -2.56. The molecule has 9 nitrogen and oxygen atoms in total. The Morgan fingerprint density at radius 1 is 0.918 bits per heavy atom. The number of nitrogens with one attached hydrogen (secondary N) is 1. The summed E-state index contributed by atoms with van der Waals surface area (Å²) in [5.74, 6) is 0.346. The number of aryl methyl sites for hydroxylation is 1. The Kier molecular flexibility index (Phi) is 13.0. The van der Waals surface area contributed by atoms with Crippen molar-refractivity contribution in [2.75, 3.05) is 13.6 Å². The minimum atomic E-state index is -1.06. The number of likely N-dealkylation sites (N-methyl/N-ethyl adjacent to an activating group) is 1. The van der Waals surface area contributed by atoms with Gasteiger partial charge in [0, 0.05) is 49.6 Å². The summed E-state index contributed by atoms with van der Waals surface area (Å²) in [6, 6.07) is 26.8. The number of pyridine rings is 1. The highest BCUT2D eigenvalue weighted by Gasteiger charge is 2.39. The molecule has 0 unspecified atom stereocenters. The number of amides is 1. The highest BCUT2D eigenvalue weighted by atomic mass is 35.5. The molecule has 0 saturated heterocycles. The molecule has 1 amide bonds. The summed E-state index contributed by atoms with van der Waals surface area (Å²) >= 11 is 12.5. The first-order chi connectivity index (χ1) is 29.4. The van der Waals surface area contributed by atoms with Gasteiger partial charge in [-0.2, -0.15) is 0 Å². The Bertz CT molecular complexity index is 2380. The van der Waals surface area contributed by atoms with E-state index >= 15 is 0 Å². The van der Waals surface area contributed by atoms with Crippen LogP contribution in [-0.4, -0.2) is 63.5 Å². The first kappa shape index (κ1) is 42.7. The smallest absolute Gasteiger partial charge is 0.326 e. The Morgan fingerprint density at radius 2 is 1.67 bits per heavy atom. The van der Waals surface area contributed by atoms with Crippen LogP contribution in [0.3, 0.4) is 0 Å². The fourth-order valence-electron chi connectivity index (χ4n) is 9.29.